The number of alkyl carbamates (subject to hydrolysis) is 1. The lowest BCUT2D eigenvalue weighted by Crippen LogP contribution is -2.54. The average molecular weight is 655 g/mol. The van der Waals surface area contributed by atoms with Gasteiger partial charge in [0.2, 0.25) is 12.7 Å². The van der Waals surface area contributed by atoms with Gasteiger partial charge in [-0.1, -0.05) is 30.3 Å². The van der Waals surface area contributed by atoms with Crippen molar-refractivity contribution in [2.75, 3.05) is 33.1 Å². The number of carbonyl (C=O) groups excluding carboxylic acids is 4. The molecule has 1 aromatic rings. The van der Waals surface area contributed by atoms with Crippen LogP contribution in [0.2, 0.25) is 0 Å². The monoisotopic (exact) mass is 654 g/mol. The number of amides is 3. The highest BCUT2D eigenvalue weighted by Gasteiger charge is 2.39. The minimum atomic E-state index is -1.11. The Morgan fingerprint density at radius 1 is 0.935 bits per heavy atom. The van der Waals surface area contributed by atoms with Gasteiger partial charge in [-0.2, -0.15) is 0 Å². The van der Waals surface area contributed by atoms with E-state index in [-0.39, 0.29) is 45.6 Å². The lowest BCUT2D eigenvalue weighted by molar-refractivity contribution is -0.765. The second-order valence-corrected chi connectivity index (χ2v) is 10.2. The van der Waals surface area contributed by atoms with Gasteiger partial charge in [0, 0.05) is 18.3 Å². The van der Waals surface area contributed by atoms with Gasteiger partial charge >= 0.3 is 18.0 Å². The van der Waals surface area contributed by atoms with Crippen molar-refractivity contribution in [3.8, 4) is 0 Å². The fourth-order valence-electron chi connectivity index (χ4n) is 4.74. The molecule has 3 amide bonds. The van der Waals surface area contributed by atoms with Gasteiger partial charge in [0.25, 0.3) is 10.2 Å². The van der Waals surface area contributed by atoms with Crippen molar-refractivity contribution >= 4 is 23.9 Å². The molecule has 3 unspecified atom stereocenters. The van der Waals surface area contributed by atoms with E-state index in [0.29, 0.717) is 38.5 Å². The molecule has 19 heteroatoms. The Hall–Kier alpha value is -4.94. The molecule has 3 atom stereocenters. The summed E-state index contributed by atoms with van der Waals surface area (Å²) in [5.74, 6) is -2.09. The molecule has 2 N–H and O–H groups in total. The topological polar surface area (TPSA) is 248 Å². The quantitative estimate of drug-likeness (QED) is 0.0452. The van der Waals surface area contributed by atoms with Gasteiger partial charge in [-0.05, 0) is 63.4 Å². The molecule has 19 nitrogen and oxygen atoms in total. The number of esters is 1. The van der Waals surface area contributed by atoms with Gasteiger partial charge in [0.1, 0.15) is 6.04 Å². The van der Waals surface area contributed by atoms with E-state index in [0.717, 1.165) is 5.56 Å². The van der Waals surface area contributed by atoms with Crippen LogP contribution >= 0.6 is 0 Å². The van der Waals surface area contributed by atoms with E-state index < -0.39 is 59.0 Å². The first-order chi connectivity index (χ1) is 22.1. The van der Waals surface area contributed by atoms with Crippen molar-refractivity contribution in [2.45, 2.75) is 75.9 Å². The van der Waals surface area contributed by atoms with Crippen molar-refractivity contribution in [1.29, 1.82) is 0 Å². The molecule has 254 valence electrons. The summed E-state index contributed by atoms with van der Waals surface area (Å²) in [6.45, 7) is -0.692. The maximum Gasteiger partial charge on any atom is 0.409 e. The zero-order valence-corrected chi connectivity index (χ0v) is 25.1. The van der Waals surface area contributed by atoms with Crippen LogP contribution in [0.3, 0.4) is 0 Å². The smallest absolute Gasteiger partial charge is 0.409 e. The second kappa shape index (κ2) is 20.9. The van der Waals surface area contributed by atoms with Crippen LogP contribution in [0.25, 0.3) is 0 Å². The number of unbranched alkanes of at least 4 members (excludes halogenated alkanes) is 2. The van der Waals surface area contributed by atoms with E-state index in [4.69, 9.17) is 4.74 Å². The number of nitroso groups, excluding NO2 is 1. The van der Waals surface area contributed by atoms with Gasteiger partial charge < -0.3 is 24.5 Å². The molecule has 1 saturated heterocycles. The first-order valence-corrected chi connectivity index (χ1v) is 14.7. The van der Waals surface area contributed by atoms with Crippen LogP contribution in [0.1, 0.15) is 56.9 Å². The summed E-state index contributed by atoms with van der Waals surface area (Å²) in [6, 6.07) is 6.24. The lowest BCUT2D eigenvalue weighted by Gasteiger charge is -2.30. The van der Waals surface area contributed by atoms with Gasteiger partial charge in [-0.25, -0.2) is 9.59 Å². The first kappa shape index (κ1) is 37.2. The van der Waals surface area contributed by atoms with Gasteiger partial charge in [0.05, 0.1) is 25.3 Å². The van der Waals surface area contributed by atoms with Crippen molar-refractivity contribution in [2.24, 2.45) is 5.18 Å². The third-order valence-electron chi connectivity index (χ3n) is 6.98. The largest absolute Gasteiger partial charge is 0.464 e. The molecule has 0 aliphatic carbocycles. The number of hydrogen-bond acceptors (Lipinski definition) is 14. The SMILES string of the molecule is O=NC(=O)C(CCc1ccccc1)NC(CCCCNC(=O)OCO[N+](=O)[O-])C(=O)N1CCCC1C(=O)OCCCCO[N+](=O)[O-]. The minimum Gasteiger partial charge on any atom is -0.464 e. The number of aryl methyl sites for hydroxylation is 1. The minimum absolute atomic E-state index is 0.0191. The number of ether oxygens (including phenoxy) is 2. The number of nitrogens with one attached hydrogen (secondary N) is 2. The number of benzene rings is 1. The Kier molecular flexibility index (Phi) is 16.9. The fraction of sp³-hybridized carbons (Fsp3) is 0.630. The van der Waals surface area contributed by atoms with Crippen LogP contribution < -0.4 is 10.6 Å². The molecule has 1 heterocycles. The lowest BCUT2D eigenvalue weighted by atomic mass is 10.0. The standard InChI is InChI=1S/C27H38N6O13/c34-24(30-38)21(14-13-20-9-2-1-3-10-20)29-22(11-4-5-15-28-27(37)44-19-46-33(41)42)25(35)31-16-8-12-23(31)26(36)43-17-6-7-18-45-32(39)40/h1-3,9-10,21-23,29H,4-8,11-19H2,(H,28,37). The predicted molar refractivity (Wildman–Crippen MR) is 155 cm³/mol. The van der Waals surface area contributed by atoms with E-state index >= 15 is 0 Å². The molecule has 1 aliphatic heterocycles. The molecule has 0 spiro atoms. The molecule has 0 saturated carbocycles. The van der Waals surface area contributed by atoms with E-state index in [1.54, 1.807) is 0 Å². The normalized spacial score (nSPS) is 15.2. The number of likely N-dealkylation sites (tertiary alicyclic amines) is 1. The van der Waals surface area contributed by atoms with Crippen LogP contribution in [-0.4, -0.2) is 90.2 Å². The van der Waals surface area contributed by atoms with Gasteiger partial charge in [0.15, 0.2) is 0 Å². The molecule has 46 heavy (non-hydrogen) atoms. The Bertz CT molecular complexity index is 1170. The molecular weight excluding hydrogens is 616 g/mol. The van der Waals surface area contributed by atoms with Crippen LogP contribution in [0.5, 0.6) is 0 Å². The molecule has 1 aromatic carbocycles. The van der Waals surface area contributed by atoms with Crippen LogP contribution in [0.4, 0.5) is 4.79 Å². The molecule has 1 fully saturated rings. The zero-order chi connectivity index (χ0) is 33.7. The molecule has 2 rings (SSSR count). The van der Waals surface area contributed by atoms with Crippen LogP contribution in [0.15, 0.2) is 35.5 Å². The maximum absolute atomic E-state index is 13.8. The molecule has 0 aromatic heterocycles. The van der Waals surface area contributed by atoms with Crippen LogP contribution in [0, 0.1) is 25.1 Å². The fourth-order valence-corrected chi connectivity index (χ4v) is 4.74. The number of rotatable bonds is 22. The number of hydrogen-bond donors (Lipinski definition) is 2. The van der Waals surface area contributed by atoms with E-state index in [1.165, 1.54) is 4.90 Å². The summed E-state index contributed by atoms with van der Waals surface area (Å²) < 4.78 is 9.80. The summed E-state index contributed by atoms with van der Waals surface area (Å²) in [7, 11) is 0. The van der Waals surface area contributed by atoms with Crippen LogP contribution in [-0.2, 0) is 40.0 Å². The maximum atomic E-state index is 13.8. The van der Waals surface area contributed by atoms with Gasteiger partial charge in [-0.15, -0.1) is 25.1 Å². The first-order valence-electron chi connectivity index (χ1n) is 14.7. The van der Waals surface area contributed by atoms with Crippen molar-refractivity contribution < 1.29 is 48.5 Å². The molecule has 0 bridgehead atoms. The Morgan fingerprint density at radius 3 is 2.35 bits per heavy atom. The Labute approximate surface area is 263 Å². The molecule has 0 radical (unpaired) electrons. The molecule has 1 aliphatic rings. The van der Waals surface area contributed by atoms with E-state index in [9.17, 15) is 44.3 Å². The highest BCUT2D eigenvalue weighted by atomic mass is 17.0. The third-order valence-corrected chi connectivity index (χ3v) is 6.98. The number of nitrogens with zero attached hydrogens (tertiary/aromatic N) is 4. The average Bonchev–Trinajstić information content (AvgIpc) is 3.53. The Morgan fingerprint density at radius 2 is 1.65 bits per heavy atom. The van der Waals surface area contributed by atoms with E-state index in [2.05, 4.69) is 30.2 Å². The third kappa shape index (κ3) is 14.2. The van der Waals surface area contributed by atoms with Crippen molar-refractivity contribution in [1.82, 2.24) is 15.5 Å². The summed E-state index contributed by atoms with van der Waals surface area (Å²) >= 11 is 0. The summed E-state index contributed by atoms with van der Waals surface area (Å²) in [6.07, 6.45) is 1.96. The second-order valence-electron chi connectivity index (χ2n) is 10.2. The van der Waals surface area contributed by atoms with Crippen molar-refractivity contribution in [3.05, 3.63) is 61.0 Å². The highest BCUT2D eigenvalue weighted by molar-refractivity contribution is 5.89. The van der Waals surface area contributed by atoms with Crippen molar-refractivity contribution in [3.63, 3.8) is 0 Å². The van der Waals surface area contributed by atoms with E-state index in [1.807, 2.05) is 30.3 Å². The summed E-state index contributed by atoms with van der Waals surface area (Å²) in [5.41, 5.74) is 0.907. The zero-order valence-electron chi connectivity index (χ0n) is 25.1. The summed E-state index contributed by atoms with van der Waals surface area (Å²) in [5, 5.41) is 26.3. The predicted octanol–water partition coefficient (Wildman–Crippen LogP) is 1.82. The highest BCUT2D eigenvalue weighted by Crippen LogP contribution is 2.22. The van der Waals surface area contributed by atoms with Gasteiger partial charge in [-0.3, -0.25) is 19.7 Å². The number of carbonyl (C=O) groups is 4. The summed E-state index contributed by atoms with van der Waals surface area (Å²) in [4.78, 5) is 91.9. The Balaban J connectivity index is 2.04. The molecular formula is C27H38N6O13.